The zero-order chi connectivity index (χ0) is 34.7. The van der Waals surface area contributed by atoms with Gasteiger partial charge in [-0.3, -0.25) is 4.79 Å². The predicted octanol–water partition coefficient (Wildman–Crippen LogP) is 7.97. The molecule has 1 saturated heterocycles. The number of hydrogen-bond donors (Lipinski definition) is 1. The highest BCUT2D eigenvalue weighted by Gasteiger charge is 2.45. The van der Waals surface area contributed by atoms with Crippen molar-refractivity contribution in [3.05, 3.63) is 130 Å². The number of nitrogens with zero attached hydrogens (tertiary/aromatic N) is 1. The highest BCUT2D eigenvalue weighted by molar-refractivity contribution is 5.95. The number of ether oxygens (including phenoxy) is 2. The Balaban J connectivity index is 1.69. The second-order valence-corrected chi connectivity index (χ2v) is 11.0. The monoisotopic (exact) mass is 682 g/mol. The number of carbonyl (C=O) groups is 1. The van der Waals surface area contributed by atoms with E-state index in [2.05, 4.69) is 10.1 Å². The first-order chi connectivity index (χ1) is 22.7. The maximum absolute atomic E-state index is 15.1. The smallest absolute Gasteiger partial charge is 0.428 e. The van der Waals surface area contributed by atoms with Crippen molar-refractivity contribution in [1.29, 1.82) is 0 Å². The van der Waals surface area contributed by atoms with Crippen LogP contribution in [-0.4, -0.2) is 44.7 Å². The lowest BCUT2D eigenvalue weighted by Gasteiger charge is -2.37. The molecule has 1 atom stereocenters. The quantitative estimate of drug-likeness (QED) is 0.173. The van der Waals surface area contributed by atoms with E-state index in [-0.39, 0.29) is 5.56 Å². The maximum atomic E-state index is 15.1. The van der Waals surface area contributed by atoms with Crippen LogP contribution in [0.5, 0.6) is 5.75 Å². The highest BCUT2D eigenvalue weighted by atomic mass is 19.4. The van der Waals surface area contributed by atoms with Crippen molar-refractivity contribution in [1.82, 2.24) is 5.32 Å². The van der Waals surface area contributed by atoms with Gasteiger partial charge in [-0.25, -0.2) is 8.78 Å². The van der Waals surface area contributed by atoms with Crippen LogP contribution in [0.1, 0.15) is 32.6 Å². The van der Waals surface area contributed by atoms with Crippen molar-refractivity contribution >= 4 is 11.6 Å². The molecule has 48 heavy (non-hydrogen) atoms. The van der Waals surface area contributed by atoms with Crippen molar-refractivity contribution in [3.8, 4) is 5.75 Å². The van der Waals surface area contributed by atoms with Crippen LogP contribution >= 0.6 is 0 Å². The number of benzene rings is 4. The number of rotatable bonds is 10. The van der Waals surface area contributed by atoms with E-state index < -0.39 is 70.7 Å². The maximum Gasteiger partial charge on any atom is 0.461 e. The summed E-state index contributed by atoms with van der Waals surface area (Å²) in [6, 6.07) is 17.7. The number of hydrogen-bond acceptors (Lipinski definition) is 4. The Morgan fingerprint density at radius 1 is 0.833 bits per heavy atom. The fourth-order valence-corrected chi connectivity index (χ4v) is 5.45. The molecule has 0 radical (unpaired) electrons. The van der Waals surface area contributed by atoms with Gasteiger partial charge < -0.3 is 19.7 Å². The summed E-state index contributed by atoms with van der Waals surface area (Å²) in [6.45, 7) is 2.16. The summed E-state index contributed by atoms with van der Waals surface area (Å²) in [6.07, 6.45) is -15.0. The van der Waals surface area contributed by atoms with Crippen molar-refractivity contribution in [2.24, 2.45) is 0 Å². The van der Waals surface area contributed by atoms with Gasteiger partial charge in [0, 0.05) is 36.8 Å². The molecule has 0 unspecified atom stereocenters. The second-order valence-electron chi connectivity index (χ2n) is 11.0. The standard InChI is InChI=1S/C34H27F9N2O3/c35-25-16-24(17-27(19-25)48-34(42,43)31(37)38)32(20-21-4-2-1-3-5-21,23-8-11-29(36)28(18-23)33(39,40)41)44-30(46)22-6-9-26(10-7-22)45-12-14-47-15-13-45/h1-11,16-19,31H,12-15,20H2,(H,44,46)/t32-/m1/s1. The Morgan fingerprint density at radius 3 is 2.12 bits per heavy atom. The molecule has 1 fully saturated rings. The largest absolute Gasteiger partial charge is 0.461 e. The van der Waals surface area contributed by atoms with Crippen LogP contribution in [0.2, 0.25) is 0 Å². The summed E-state index contributed by atoms with van der Waals surface area (Å²) in [5, 5.41) is 2.64. The molecular formula is C34H27F9N2O3. The summed E-state index contributed by atoms with van der Waals surface area (Å²) < 4.78 is 135. The van der Waals surface area contributed by atoms with Gasteiger partial charge in [0.25, 0.3) is 5.91 Å². The number of morpholine rings is 1. The minimum Gasteiger partial charge on any atom is -0.428 e. The average molecular weight is 683 g/mol. The van der Waals surface area contributed by atoms with Crippen molar-refractivity contribution in [2.75, 3.05) is 31.2 Å². The molecule has 5 rings (SSSR count). The van der Waals surface area contributed by atoms with E-state index >= 15 is 4.39 Å². The Bertz CT molecular complexity index is 1730. The third-order valence-electron chi connectivity index (χ3n) is 7.78. The first-order valence-corrected chi connectivity index (χ1v) is 14.5. The number of nitrogens with one attached hydrogen (secondary N) is 1. The predicted molar refractivity (Wildman–Crippen MR) is 157 cm³/mol. The third-order valence-corrected chi connectivity index (χ3v) is 7.78. The van der Waals surface area contributed by atoms with Gasteiger partial charge in [0.1, 0.15) is 17.4 Å². The molecule has 5 nitrogen and oxygen atoms in total. The molecule has 1 aliphatic heterocycles. The van der Waals surface area contributed by atoms with Crippen LogP contribution in [0.15, 0.2) is 91.0 Å². The highest BCUT2D eigenvalue weighted by Crippen LogP contribution is 2.41. The van der Waals surface area contributed by atoms with E-state index in [9.17, 15) is 39.9 Å². The molecule has 0 aromatic heterocycles. The van der Waals surface area contributed by atoms with Crippen molar-refractivity contribution < 1.29 is 53.8 Å². The molecule has 0 spiro atoms. The van der Waals surface area contributed by atoms with Gasteiger partial charge in [0.05, 0.1) is 24.3 Å². The molecule has 0 aliphatic carbocycles. The van der Waals surface area contributed by atoms with E-state index in [0.29, 0.717) is 56.1 Å². The molecule has 1 amide bonds. The lowest BCUT2D eigenvalue weighted by Crippen LogP contribution is -2.49. The molecule has 4 aromatic rings. The first-order valence-electron chi connectivity index (χ1n) is 14.5. The van der Waals surface area contributed by atoms with Gasteiger partial charge in [0.15, 0.2) is 0 Å². The van der Waals surface area contributed by atoms with Crippen LogP contribution in [0.25, 0.3) is 0 Å². The van der Waals surface area contributed by atoms with Gasteiger partial charge in [-0.1, -0.05) is 36.4 Å². The van der Waals surface area contributed by atoms with Gasteiger partial charge >= 0.3 is 18.7 Å². The zero-order valence-electron chi connectivity index (χ0n) is 24.8. The van der Waals surface area contributed by atoms with Crippen LogP contribution in [0.4, 0.5) is 45.2 Å². The van der Waals surface area contributed by atoms with Crippen molar-refractivity contribution in [2.45, 2.75) is 30.7 Å². The van der Waals surface area contributed by atoms with E-state index in [4.69, 9.17) is 4.74 Å². The van der Waals surface area contributed by atoms with Gasteiger partial charge in [-0.2, -0.15) is 30.7 Å². The Hall–Kier alpha value is -4.72. The normalized spacial score (nSPS) is 15.2. The topological polar surface area (TPSA) is 50.8 Å². The minimum atomic E-state index is -5.21. The molecule has 254 valence electrons. The SMILES string of the molecule is O=C(N[C@@](Cc1ccccc1)(c1cc(F)cc(OC(F)(F)C(F)F)c1)c1ccc(F)c(C(F)(F)F)c1)c1ccc(N2CCOCC2)cc1. The number of anilines is 1. The molecule has 14 heteroatoms. The molecular weight excluding hydrogens is 655 g/mol. The number of halogens is 9. The van der Waals surface area contributed by atoms with Crippen LogP contribution in [0.3, 0.4) is 0 Å². The van der Waals surface area contributed by atoms with E-state index in [1.54, 1.807) is 30.3 Å². The average Bonchev–Trinajstić information content (AvgIpc) is 3.04. The molecule has 0 bridgehead atoms. The zero-order valence-corrected chi connectivity index (χ0v) is 24.8. The molecule has 1 heterocycles. The minimum absolute atomic E-state index is 0.0136. The Labute approximate surface area is 268 Å². The second kappa shape index (κ2) is 13.8. The van der Waals surface area contributed by atoms with Gasteiger partial charge in [0.2, 0.25) is 0 Å². The van der Waals surface area contributed by atoms with Gasteiger partial charge in [-0.15, -0.1) is 0 Å². The van der Waals surface area contributed by atoms with Crippen LogP contribution < -0.4 is 15.0 Å². The molecule has 1 N–H and O–H groups in total. The number of carbonyl (C=O) groups excluding carboxylic acids is 1. The molecule has 1 aliphatic rings. The summed E-state index contributed by atoms with van der Waals surface area (Å²) in [4.78, 5) is 15.9. The number of alkyl halides is 7. The first kappa shape index (κ1) is 34.6. The van der Waals surface area contributed by atoms with E-state index in [1.807, 2.05) is 4.90 Å². The van der Waals surface area contributed by atoms with E-state index in [1.165, 1.54) is 24.3 Å². The fraction of sp³-hybridized carbons (Fsp3) is 0.265. The summed E-state index contributed by atoms with van der Waals surface area (Å²) in [7, 11) is 0. The summed E-state index contributed by atoms with van der Waals surface area (Å²) >= 11 is 0. The Morgan fingerprint density at radius 2 is 1.50 bits per heavy atom. The summed E-state index contributed by atoms with van der Waals surface area (Å²) in [5.41, 5.74) is -3.71. The van der Waals surface area contributed by atoms with Gasteiger partial charge in [-0.05, 0) is 65.2 Å². The van der Waals surface area contributed by atoms with E-state index in [0.717, 1.165) is 17.8 Å². The summed E-state index contributed by atoms with van der Waals surface area (Å²) in [5.74, 6) is -4.94. The van der Waals surface area contributed by atoms with Crippen LogP contribution in [0, 0.1) is 11.6 Å². The molecule has 0 saturated carbocycles. The lowest BCUT2D eigenvalue weighted by atomic mass is 9.77. The lowest BCUT2D eigenvalue weighted by molar-refractivity contribution is -0.253. The third kappa shape index (κ3) is 7.70. The van der Waals surface area contributed by atoms with Crippen LogP contribution in [-0.2, 0) is 22.9 Å². The molecule has 4 aromatic carbocycles. The van der Waals surface area contributed by atoms with Crippen molar-refractivity contribution in [3.63, 3.8) is 0 Å². The number of amides is 1. The fourth-order valence-electron chi connectivity index (χ4n) is 5.45. The Kier molecular flexibility index (Phi) is 9.94.